The first-order valence-electron chi connectivity index (χ1n) is 8.20. The Morgan fingerprint density at radius 1 is 1.35 bits per heavy atom. The van der Waals surface area contributed by atoms with Crippen LogP contribution in [0.15, 0.2) is 12.3 Å². The summed E-state index contributed by atoms with van der Waals surface area (Å²) in [6.45, 7) is 5.34. The van der Waals surface area contributed by atoms with Gasteiger partial charge in [-0.1, -0.05) is 13.8 Å². The first kappa shape index (κ1) is 14.2. The Bertz CT molecular complexity index is 462. The molecule has 1 aromatic rings. The lowest BCUT2D eigenvalue weighted by molar-refractivity contribution is -0.0990. The van der Waals surface area contributed by atoms with Gasteiger partial charge in [0.2, 0.25) is 0 Å². The van der Waals surface area contributed by atoms with Crippen molar-refractivity contribution in [3.8, 4) is 0 Å². The number of ether oxygens (including phenoxy) is 1. The molecule has 3 nitrogen and oxygen atoms in total. The van der Waals surface area contributed by atoms with Crippen LogP contribution in [0.5, 0.6) is 0 Å². The maximum absolute atomic E-state index is 10.1. The van der Waals surface area contributed by atoms with Gasteiger partial charge in [-0.2, -0.15) is 0 Å². The van der Waals surface area contributed by atoms with Crippen LogP contribution in [0.4, 0.5) is 0 Å². The molecule has 0 bridgehead atoms. The molecule has 1 fully saturated rings. The molecule has 3 heteroatoms. The van der Waals surface area contributed by atoms with Crippen molar-refractivity contribution >= 4 is 0 Å². The molecule has 2 heterocycles. The first-order valence-corrected chi connectivity index (χ1v) is 8.20. The van der Waals surface area contributed by atoms with E-state index >= 15 is 0 Å². The van der Waals surface area contributed by atoms with Crippen molar-refractivity contribution < 1.29 is 9.84 Å². The van der Waals surface area contributed by atoms with Crippen LogP contribution in [0.25, 0.3) is 0 Å². The fourth-order valence-electron chi connectivity index (χ4n) is 4.02. The monoisotopic (exact) mass is 277 g/mol. The summed E-state index contributed by atoms with van der Waals surface area (Å²) in [5.74, 6) is 0. The van der Waals surface area contributed by atoms with E-state index < -0.39 is 0 Å². The summed E-state index contributed by atoms with van der Waals surface area (Å²) in [6, 6.07) is 2.67. The molecule has 3 rings (SSSR count). The predicted molar refractivity (Wildman–Crippen MR) is 79.9 cm³/mol. The van der Waals surface area contributed by atoms with Crippen LogP contribution >= 0.6 is 0 Å². The van der Waals surface area contributed by atoms with Crippen LogP contribution < -0.4 is 0 Å². The number of hydrogen-bond acceptors (Lipinski definition) is 2. The third kappa shape index (κ3) is 2.31. The number of rotatable bonds is 3. The molecule has 2 atom stereocenters. The third-order valence-corrected chi connectivity index (χ3v) is 5.46. The van der Waals surface area contributed by atoms with Crippen LogP contribution in [0.2, 0.25) is 0 Å². The number of fused-ring (bicyclic) bond motifs is 1. The molecule has 20 heavy (non-hydrogen) atoms. The average Bonchev–Trinajstić information content (AvgIpc) is 2.93. The zero-order valence-corrected chi connectivity index (χ0v) is 12.8. The zero-order chi connectivity index (χ0) is 14.2. The Balaban J connectivity index is 1.86. The number of aromatic nitrogens is 1. The van der Waals surface area contributed by atoms with Gasteiger partial charge in [-0.05, 0) is 51.0 Å². The van der Waals surface area contributed by atoms with Gasteiger partial charge in [0.1, 0.15) is 0 Å². The van der Waals surface area contributed by atoms with E-state index in [1.165, 1.54) is 11.3 Å². The highest BCUT2D eigenvalue weighted by Crippen LogP contribution is 2.40. The lowest BCUT2D eigenvalue weighted by Crippen LogP contribution is -2.39. The fraction of sp³-hybridized carbons (Fsp3) is 0.765. The topological polar surface area (TPSA) is 34.4 Å². The maximum atomic E-state index is 10.1. The summed E-state index contributed by atoms with van der Waals surface area (Å²) in [7, 11) is 0. The first-order chi connectivity index (χ1) is 9.69. The second kappa shape index (κ2) is 5.53. The molecule has 1 saturated heterocycles. The Kier molecular flexibility index (Phi) is 3.91. The van der Waals surface area contributed by atoms with Gasteiger partial charge >= 0.3 is 0 Å². The van der Waals surface area contributed by atoms with E-state index in [1.54, 1.807) is 0 Å². The molecular formula is C17H27NO2. The molecule has 1 aromatic heterocycles. The molecule has 0 saturated carbocycles. The van der Waals surface area contributed by atoms with Crippen LogP contribution in [0.3, 0.4) is 0 Å². The fourth-order valence-corrected chi connectivity index (χ4v) is 4.02. The molecule has 0 radical (unpaired) electrons. The SMILES string of the molecule is CCC1(CC)CC(n2ccc3c2CCCC3O)CCO1. The second-order valence-electron chi connectivity index (χ2n) is 6.42. The smallest absolute Gasteiger partial charge is 0.0807 e. The summed E-state index contributed by atoms with van der Waals surface area (Å²) in [4.78, 5) is 0. The standard InChI is InChI=1S/C17H27NO2/c1-3-17(4-2)12-13(9-11-20-17)18-10-8-14-15(18)6-5-7-16(14)19/h8,10,13,16,19H,3-7,9,11-12H2,1-2H3. The van der Waals surface area contributed by atoms with Crippen molar-refractivity contribution in [2.45, 2.75) is 76.5 Å². The molecule has 0 aromatic carbocycles. The normalized spacial score (nSPS) is 29.1. The number of hydrogen-bond donors (Lipinski definition) is 1. The average molecular weight is 277 g/mol. The van der Waals surface area contributed by atoms with Gasteiger partial charge < -0.3 is 14.4 Å². The highest BCUT2D eigenvalue weighted by molar-refractivity contribution is 5.28. The van der Waals surface area contributed by atoms with Crippen molar-refractivity contribution in [3.05, 3.63) is 23.5 Å². The predicted octanol–water partition coefficient (Wildman–Crippen LogP) is 3.77. The summed E-state index contributed by atoms with van der Waals surface area (Å²) < 4.78 is 8.54. The highest BCUT2D eigenvalue weighted by atomic mass is 16.5. The molecule has 2 aliphatic rings. The number of aliphatic hydroxyl groups excluding tert-OH is 1. The van der Waals surface area contributed by atoms with Gasteiger partial charge in [0.05, 0.1) is 11.7 Å². The van der Waals surface area contributed by atoms with Crippen molar-refractivity contribution in [2.24, 2.45) is 0 Å². The molecule has 1 aliphatic heterocycles. The van der Waals surface area contributed by atoms with E-state index in [0.717, 1.165) is 51.6 Å². The van der Waals surface area contributed by atoms with Gasteiger partial charge in [0.15, 0.2) is 0 Å². The summed E-state index contributed by atoms with van der Waals surface area (Å²) in [6.07, 6.45) is 9.47. The lowest BCUT2D eigenvalue weighted by Gasteiger charge is -2.41. The zero-order valence-electron chi connectivity index (χ0n) is 12.8. The minimum Gasteiger partial charge on any atom is -0.388 e. The lowest BCUT2D eigenvalue weighted by atomic mass is 9.85. The highest BCUT2D eigenvalue weighted by Gasteiger charge is 2.36. The summed E-state index contributed by atoms with van der Waals surface area (Å²) in [5.41, 5.74) is 2.60. The van der Waals surface area contributed by atoms with E-state index in [-0.39, 0.29) is 11.7 Å². The number of nitrogens with zero attached hydrogens (tertiary/aromatic N) is 1. The van der Waals surface area contributed by atoms with Crippen molar-refractivity contribution in [3.63, 3.8) is 0 Å². The Labute approximate surface area is 121 Å². The summed E-state index contributed by atoms with van der Waals surface area (Å²) >= 11 is 0. The van der Waals surface area contributed by atoms with Gasteiger partial charge in [-0.25, -0.2) is 0 Å². The van der Waals surface area contributed by atoms with E-state index in [9.17, 15) is 5.11 Å². The molecule has 1 aliphatic carbocycles. The van der Waals surface area contributed by atoms with Crippen molar-refractivity contribution in [2.75, 3.05) is 6.61 Å². The molecule has 112 valence electrons. The third-order valence-electron chi connectivity index (χ3n) is 5.46. The molecule has 2 unspecified atom stereocenters. The minimum absolute atomic E-state index is 0.0629. The van der Waals surface area contributed by atoms with Gasteiger partial charge in [-0.3, -0.25) is 0 Å². The van der Waals surface area contributed by atoms with E-state index in [2.05, 4.69) is 30.7 Å². The van der Waals surface area contributed by atoms with E-state index in [1.807, 2.05) is 0 Å². The molecule has 0 spiro atoms. The quantitative estimate of drug-likeness (QED) is 0.912. The van der Waals surface area contributed by atoms with Crippen LogP contribution in [0, 0.1) is 0 Å². The van der Waals surface area contributed by atoms with Crippen molar-refractivity contribution in [1.29, 1.82) is 0 Å². The minimum atomic E-state index is -0.248. The largest absolute Gasteiger partial charge is 0.388 e. The molecule has 1 N–H and O–H groups in total. The van der Waals surface area contributed by atoms with Crippen LogP contribution in [-0.4, -0.2) is 21.9 Å². The van der Waals surface area contributed by atoms with Gasteiger partial charge in [0.25, 0.3) is 0 Å². The Morgan fingerprint density at radius 2 is 2.15 bits per heavy atom. The Morgan fingerprint density at radius 3 is 2.90 bits per heavy atom. The van der Waals surface area contributed by atoms with E-state index in [4.69, 9.17) is 4.74 Å². The summed E-state index contributed by atoms with van der Waals surface area (Å²) in [5, 5.41) is 10.1. The van der Waals surface area contributed by atoms with Crippen molar-refractivity contribution in [1.82, 2.24) is 4.57 Å². The number of aliphatic hydroxyl groups is 1. The van der Waals surface area contributed by atoms with Crippen LogP contribution in [0.1, 0.15) is 75.8 Å². The second-order valence-corrected chi connectivity index (χ2v) is 6.42. The maximum Gasteiger partial charge on any atom is 0.0807 e. The van der Waals surface area contributed by atoms with Crippen LogP contribution in [-0.2, 0) is 11.2 Å². The molecule has 0 amide bonds. The molecular weight excluding hydrogens is 250 g/mol. The van der Waals surface area contributed by atoms with Gasteiger partial charge in [-0.15, -0.1) is 0 Å². The van der Waals surface area contributed by atoms with E-state index in [0.29, 0.717) is 6.04 Å². The van der Waals surface area contributed by atoms with Gasteiger partial charge in [0, 0.05) is 30.1 Å². The Hall–Kier alpha value is -0.800.